The predicted octanol–water partition coefficient (Wildman–Crippen LogP) is 12.2. The third-order valence-electron chi connectivity index (χ3n) is 22.4. The number of allylic oxidation sites excluding steroid dienone is 19. The molecule has 2 spiro atoms. The van der Waals surface area contributed by atoms with Gasteiger partial charge in [0, 0.05) is 64.1 Å². The summed E-state index contributed by atoms with van der Waals surface area (Å²) in [5.74, 6) is 3.63. The van der Waals surface area contributed by atoms with Crippen molar-refractivity contribution in [1.29, 1.82) is 0 Å². The number of benzene rings is 4. The van der Waals surface area contributed by atoms with Gasteiger partial charge in [0.15, 0.2) is 0 Å². The van der Waals surface area contributed by atoms with Crippen LogP contribution in [0.2, 0.25) is 0 Å². The van der Waals surface area contributed by atoms with Crippen LogP contribution < -0.4 is 0 Å². The van der Waals surface area contributed by atoms with E-state index < -0.39 is 0 Å². The van der Waals surface area contributed by atoms with Crippen molar-refractivity contribution in [3.8, 4) is 11.1 Å². The molecule has 12 atom stereocenters. The van der Waals surface area contributed by atoms with E-state index in [2.05, 4.69) is 85.0 Å². The van der Waals surface area contributed by atoms with Crippen molar-refractivity contribution in [3.05, 3.63) is 191 Å². The summed E-state index contributed by atoms with van der Waals surface area (Å²) in [7, 11) is 1.57. The SMILES string of the molecule is COC(=O)CCCC1(c2ccccc2)C23C4=C5C=CC6C7=C8c9c%10c(c2c5c96)C2=C5C6c9c%11c%12c%13c%14c%15c(c-%10c2c9%14)C8C2C(=C7)CC7=CC(C=C%12CC%11C=CC6C(C=C4)C513)C%13C%15=C72. The molecule has 63 heavy (non-hydrogen) atoms. The van der Waals surface area contributed by atoms with Gasteiger partial charge in [-0.2, -0.15) is 0 Å². The molecule has 2 heteroatoms. The molecule has 0 aliphatic heterocycles. The summed E-state index contributed by atoms with van der Waals surface area (Å²) >= 11 is 0. The third-order valence-corrected chi connectivity index (χ3v) is 22.4. The van der Waals surface area contributed by atoms with E-state index in [1.807, 2.05) is 5.57 Å². The van der Waals surface area contributed by atoms with Gasteiger partial charge in [0.25, 0.3) is 0 Å². The molecular formula is C61H36O2. The lowest BCUT2D eigenvalue weighted by Crippen LogP contribution is -2.31. The highest BCUT2D eigenvalue weighted by Crippen LogP contribution is 2.99. The molecule has 12 unspecified atom stereocenters. The number of carbonyl (C=O) groups excluding carboxylic acids is 1. The minimum atomic E-state index is -0.198. The highest BCUT2D eigenvalue weighted by molar-refractivity contribution is 6.30. The first-order chi connectivity index (χ1) is 31.2. The van der Waals surface area contributed by atoms with Gasteiger partial charge in [-0.25, -0.2) is 0 Å². The lowest BCUT2D eigenvalue weighted by molar-refractivity contribution is -0.140. The van der Waals surface area contributed by atoms with Gasteiger partial charge in [-0.05, 0) is 187 Å². The molecule has 4 aromatic carbocycles. The van der Waals surface area contributed by atoms with Crippen LogP contribution in [0, 0.1) is 29.1 Å². The molecule has 4 aromatic rings. The Labute approximate surface area is 363 Å². The van der Waals surface area contributed by atoms with E-state index in [9.17, 15) is 4.79 Å². The Bertz CT molecular complexity index is 3870. The summed E-state index contributed by atoms with van der Waals surface area (Å²) in [5.41, 5.74) is 43.6. The summed E-state index contributed by atoms with van der Waals surface area (Å²) in [6, 6.07) is 11.9. The van der Waals surface area contributed by atoms with Crippen LogP contribution >= 0.6 is 0 Å². The zero-order chi connectivity index (χ0) is 39.6. The van der Waals surface area contributed by atoms with Crippen molar-refractivity contribution in [2.75, 3.05) is 7.11 Å². The minimum Gasteiger partial charge on any atom is -0.469 e. The summed E-state index contributed by atoms with van der Waals surface area (Å²) in [6.45, 7) is 0. The van der Waals surface area contributed by atoms with E-state index in [0.717, 1.165) is 25.7 Å². The molecule has 0 N–H and O–H groups in total. The van der Waals surface area contributed by atoms with Crippen LogP contribution in [0.25, 0.3) is 49.8 Å². The molecular weight excluding hydrogens is 765 g/mol. The van der Waals surface area contributed by atoms with Crippen molar-refractivity contribution < 1.29 is 9.53 Å². The van der Waals surface area contributed by atoms with Gasteiger partial charge in [0.1, 0.15) is 0 Å². The Morgan fingerprint density at radius 1 is 0.746 bits per heavy atom. The van der Waals surface area contributed by atoms with Crippen LogP contribution in [0.1, 0.15) is 134 Å². The smallest absolute Gasteiger partial charge is 0.305 e. The van der Waals surface area contributed by atoms with Crippen LogP contribution in [0.3, 0.4) is 0 Å². The Morgan fingerprint density at radius 3 is 2.57 bits per heavy atom. The Morgan fingerprint density at radius 2 is 1.65 bits per heavy atom. The molecule has 0 amide bonds. The van der Waals surface area contributed by atoms with Crippen molar-refractivity contribution in [1.82, 2.24) is 0 Å². The monoisotopic (exact) mass is 800 g/mol. The number of hydrogen-bond donors (Lipinski definition) is 0. The number of esters is 1. The molecule has 292 valence electrons. The zero-order valence-electron chi connectivity index (χ0n) is 34.6. The van der Waals surface area contributed by atoms with Gasteiger partial charge in [-0.15, -0.1) is 0 Å². The number of methoxy groups -OCH3 is 1. The van der Waals surface area contributed by atoms with Crippen molar-refractivity contribution in [2.24, 2.45) is 29.1 Å². The van der Waals surface area contributed by atoms with Gasteiger partial charge >= 0.3 is 5.97 Å². The summed E-state index contributed by atoms with van der Waals surface area (Å²) in [4.78, 5) is 13.2. The highest BCUT2D eigenvalue weighted by atomic mass is 16.5. The highest BCUT2D eigenvalue weighted by Gasteiger charge is 2.97. The molecule has 0 radical (unpaired) electrons. The number of hydrogen-bond acceptors (Lipinski definition) is 2. The maximum Gasteiger partial charge on any atom is 0.305 e. The standard InChI is InChI=1S/C61H36O2/c1-63-33(62)8-5-15-59(26-6-3-2-4-7-26)60-32-14-13-31-28-10-9-21-16-22-17-24-18-23-19-25-20-30-27-11-12-29(32)41-39(27)47-40(30)45-37(25)36(23)44-38(24)43-35(22)34(21)46-42(28)58(61(31,59)60)56-54-51(46)49(43)48(44)50(45)52(54)53(47)55(56)57(41)60/h2-4,6-7,9-14,17-18,20-21,24,27-28,31,37-38,42,45H,5,8,15-16,19H2,1H3. The van der Waals surface area contributed by atoms with E-state index in [4.69, 9.17) is 4.74 Å². The predicted molar refractivity (Wildman–Crippen MR) is 243 cm³/mol. The summed E-state index contributed by atoms with van der Waals surface area (Å²) < 4.78 is 5.40. The van der Waals surface area contributed by atoms with Gasteiger partial charge in [-0.3, -0.25) is 4.79 Å². The second-order valence-corrected chi connectivity index (χ2v) is 23.0. The molecule has 0 saturated heterocycles. The summed E-state index contributed by atoms with van der Waals surface area (Å²) in [5, 5.41) is 3.45. The first-order valence-corrected chi connectivity index (χ1v) is 24.4. The maximum atomic E-state index is 13.2. The molecule has 0 bridgehead atoms. The van der Waals surface area contributed by atoms with E-state index >= 15 is 0 Å². The van der Waals surface area contributed by atoms with E-state index in [-0.39, 0.29) is 22.2 Å². The average Bonchev–Trinajstić information content (AvgIpc) is 4.04. The Balaban J connectivity index is 1.03. The first-order valence-electron chi connectivity index (χ1n) is 24.4. The van der Waals surface area contributed by atoms with E-state index in [0.29, 0.717) is 59.7 Å². The maximum absolute atomic E-state index is 13.2. The lowest BCUT2D eigenvalue weighted by atomic mass is 9.58. The van der Waals surface area contributed by atoms with Crippen LogP contribution in [-0.2, 0) is 20.4 Å². The fraction of sp³-hybridized carbons (Fsp3) is 0.295. The third kappa shape index (κ3) is 2.13. The molecule has 18 aliphatic carbocycles. The number of carbonyl (C=O) groups is 1. The van der Waals surface area contributed by atoms with Crippen LogP contribution in [0.5, 0.6) is 0 Å². The van der Waals surface area contributed by atoms with E-state index in [1.165, 1.54) is 11.1 Å². The van der Waals surface area contributed by atoms with Gasteiger partial charge in [-0.1, -0.05) is 90.6 Å². The number of fused-ring (bicyclic) bond motifs is 2. The van der Waals surface area contributed by atoms with Crippen LogP contribution in [0.4, 0.5) is 0 Å². The molecule has 22 rings (SSSR count). The largest absolute Gasteiger partial charge is 0.469 e. The Hall–Kier alpha value is -5.99. The van der Waals surface area contributed by atoms with Gasteiger partial charge in [0.05, 0.1) is 7.11 Å². The van der Waals surface area contributed by atoms with Crippen LogP contribution in [-0.4, -0.2) is 13.1 Å². The van der Waals surface area contributed by atoms with Crippen molar-refractivity contribution >= 4 is 44.6 Å². The molecule has 18 aliphatic rings. The second-order valence-electron chi connectivity index (χ2n) is 23.0. The quantitative estimate of drug-likeness (QED) is 0.131. The van der Waals surface area contributed by atoms with Crippen molar-refractivity contribution in [2.45, 2.75) is 72.5 Å². The normalized spacial score (nSPS) is 40.5. The summed E-state index contributed by atoms with van der Waals surface area (Å²) in [6.07, 6.45) is 29.3. The fourth-order valence-electron chi connectivity index (χ4n) is 21.9. The van der Waals surface area contributed by atoms with Gasteiger partial charge in [0.2, 0.25) is 0 Å². The number of ether oxygens (including phenoxy) is 1. The van der Waals surface area contributed by atoms with Gasteiger partial charge < -0.3 is 4.74 Å². The zero-order valence-corrected chi connectivity index (χ0v) is 34.6. The van der Waals surface area contributed by atoms with Crippen LogP contribution in [0.15, 0.2) is 118 Å². The molecule has 2 nitrogen and oxygen atoms in total. The second kappa shape index (κ2) is 7.95. The fourth-order valence-corrected chi connectivity index (χ4v) is 21.9. The Kier molecular flexibility index (Phi) is 3.71. The van der Waals surface area contributed by atoms with Crippen molar-refractivity contribution in [3.63, 3.8) is 0 Å². The number of rotatable bonds is 5. The average molecular weight is 801 g/mol. The lowest BCUT2D eigenvalue weighted by Gasteiger charge is -2.44. The molecule has 0 aromatic heterocycles. The first kappa shape index (κ1) is 29.4. The minimum absolute atomic E-state index is 0.0776. The van der Waals surface area contributed by atoms with E-state index in [1.54, 1.807) is 146 Å². The molecule has 0 heterocycles. The topological polar surface area (TPSA) is 26.3 Å². The molecule has 3 saturated carbocycles. The molecule has 3 fully saturated rings.